The molecule has 2 aromatic rings. The van der Waals surface area contributed by atoms with Gasteiger partial charge in [-0.1, -0.05) is 24.3 Å². The van der Waals surface area contributed by atoms with Crippen molar-refractivity contribution in [3.05, 3.63) is 59.7 Å². The minimum Gasteiger partial charge on any atom is -0.507 e. The molecule has 0 unspecified atom stereocenters. The van der Waals surface area contributed by atoms with E-state index in [1.165, 1.54) is 12.1 Å². The third kappa shape index (κ3) is 3.90. The SMILES string of the molecule is C[C@H](N=Cc1ccccc1O)c1ccc(S(N)(=O)=O)cc1. The van der Waals surface area contributed by atoms with E-state index in [1.54, 1.807) is 36.5 Å². The Kier molecular flexibility index (Phi) is 4.40. The molecule has 6 heteroatoms. The molecule has 5 nitrogen and oxygen atoms in total. The fourth-order valence-corrected chi connectivity index (χ4v) is 2.33. The first-order valence-electron chi connectivity index (χ1n) is 6.32. The topological polar surface area (TPSA) is 92.8 Å². The molecule has 0 saturated carbocycles. The van der Waals surface area contributed by atoms with Crippen LogP contribution in [0.3, 0.4) is 0 Å². The predicted octanol–water partition coefficient (Wildman–Crippen LogP) is 2.22. The Morgan fingerprint density at radius 1 is 1.14 bits per heavy atom. The van der Waals surface area contributed by atoms with Gasteiger partial charge in [-0.25, -0.2) is 13.6 Å². The molecule has 2 rings (SSSR count). The fourth-order valence-electron chi connectivity index (χ4n) is 1.81. The molecule has 1 atom stereocenters. The molecule has 0 spiro atoms. The van der Waals surface area contributed by atoms with Gasteiger partial charge in [0.2, 0.25) is 10.0 Å². The van der Waals surface area contributed by atoms with Crippen molar-refractivity contribution in [3.63, 3.8) is 0 Å². The normalized spacial score (nSPS) is 13.4. The minimum absolute atomic E-state index is 0.0723. The number of nitrogens with zero attached hydrogens (tertiary/aromatic N) is 1. The first kappa shape index (κ1) is 15.2. The third-order valence-electron chi connectivity index (χ3n) is 3.07. The summed E-state index contributed by atoms with van der Waals surface area (Å²) in [5, 5.41) is 14.7. The van der Waals surface area contributed by atoms with Gasteiger partial charge in [0.15, 0.2) is 0 Å². The molecule has 0 aliphatic rings. The smallest absolute Gasteiger partial charge is 0.238 e. The van der Waals surface area contributed by atoms with Crippen molar-refractivity contribution in [2.24, 2.45) is 10.1 Å². The Morgan fingerprint density at radius 3 is 2.33 bits per heavy atom. The zero-order chi connectivity index (χ0) is 15.5. The number of benzene rings is 2. The molecule has 0 fully saturated rings. The molecule has 0 aromatic heterocycles. The maximum atomic E-state index is 11.2. The minimum atomic E-state index is -3.68. The second kappa shape index (κ2) is 6.07. The van der Waals surface area contributed by atoms with E-state index < -0.39 is 10.0 Å². The maximum Gasteiger partial charge on any atom is 0.238 e. The van der Waals surface area contributed by atoms with Crippen LogP contribution >= 0.6 is 0 Å². The molecule has 21 heavy (non-hydrogen) atoms. The predicted molar refractivity (Wildman–Crippen MR) is 81.9 cm³/mol. The van der Waals surface area contributed by atoms with Crippen LogP contribution in [0.2, 0.25) is 0 Å². The van der Waals surface area contributed by atoms with Crippen LogP contribution in [-0.4, -0.2) is 19.7 Å². The number of phenolic OH excluding ortho intramolecular Hbond substituents is 1. The lowest BCUT2D eigenvalue weighted by Crippen LogP contribution is -2.11. The lowest BCUT2D eigenvalue weighted by atomic mass is 10.1. The molecular weight excluding hydrogens is 288 g/mol. The summed E-state index contributed by atoms with van der Waals surface area (Å²) in [7, 11) is -3.68. The van der Waals surface area contributed by atoms with Gasteiger partial charge in [-0.15, -0.1) is 0 Å². The number of aromatic hydroxyl groups is 1. The van der Waals surface area contributed by atoms with Gasteiger partial charge >= 0.3 is 0 Å². The number of nitrogens with two attached hydrogens (primary N) is 1. The summed E-state index contributed by atoms with van der Waals surface area (Å²) in [6.07, 6.45) is 1.59. The highest BCUT2D eigenvalue weighted by Gasteiger charge is 2.09. The molecule has 0 amide bonds. The molecule has 110 valence electrons. The Hall–Kier alpha value is -2.18. The molecule has 3 N–H and O–H groups in total. The fraction of sp³-hybridized carbons (Fsp3) is 0.133. The lowest BCUT2D eigenvalue weighted by molar-refractivity contribution is 0.474. The maximum absolute atomic E-state index is 11.2. The average molecular weight is 304 g/mol. The number of hydrogen-bond donors (Lipinski definition) is 2. The van der Waals surface area contributed by atoms with E-state index in [1.807, 2.05) is 13.0 Å². The number of sulfonamides is 1. The van der Waals surface area contributed by atoms with Crippen molar-refractivity contribution < 1.29 is 13.5 Å². The van der Waals surface area contributed by atoms with Crippen molar-refractivity contribution in [1.82, 2.24) is 0 Å². The van der Waals surface area contributed by atoms with E-state index in [2.05, 4.69) is 4.99 Å². The van der Waals surface area contributed by atoms with E-state index in [9.17, 15) is 13.5 Å². The number of primary sulfonamides is 1. The number of rotatable bonds is 4. The van der Waals surface area contributed by atoms with Gasteiger partial charge in [0.25, 0.3) is 0 Å². The van der Waals surface area contributed by atoms with Gasteiger partial charge in [-0.3, -0.25) is 4.99 Å². The van der Waals surface area contributed by atoms with Gasteiger partial charge in [-0.05, 0) is 36.8 Å². The zero-order valence-electron chi connectivity index (χ0n) is 11.5. The van der Waals surface area contributed by atoms with E-state index in [0.29, 0.717) is 5.56 Å². The Balaban J connectivity index is 2.17. The van der Waals surface area contributed by atoms with E-state index in [4.69, 9.17) is 5.14 Å². The molecule has 0 heterocycles. The summed E-state index contributed by atoms with van der Waals surface area (Å²) in [4.78, 5) is 4.42. The number of phenols is 1. The highest BCUT2D eigenvalue weighted by atomic mass is 32.2. The summed E-state index contributed by atoms with van der Waals surface area (Å²) in [6.45, 7) is 1.88. The Labute approximate surface area is 123 Å². The van der Waals surface area contributed by atoms with Gasteiger partial charge in [-0.2, -0.15) is 0 Å². The number of aliphatic imine (C=N–C) groups is 1. The van der Waals surface area contributed by atoms with Crippen LogP contribution in [-0.2, 0) is 10.0 Å². The summed E-state index contributed by atoms with van der Waals surface area (Å²) >= 11 is 0. The van der Waals surface area contributed by atoms with Gasteiger partial charge in [0, 0.05) is 11.8 Å². The highest BCUT2D eigenvalue weighted by Crippen LogP contribution is 2.20. The van der Waals surface area contributed by atoms with E-state index in [0.717, 1.165) is 5.56 Å². The monoisotopic (exact) mass is 304 g/mol. The lowest BCUT2D eigenvalue weighted by Gasteiger charge is -2.07. The molecule has 0 saturated heterocycles. The first-order valence-corrected chi connectivity index (χ1v) is 7.86. The second-order valence-corrected chi connectivity index (χ2v) is 6.19. The second-order valence-electron chi connectivity index (χ2n) is 4.63. The summed E-state index contributed by atoms with van der Waals surface area (Å²) < 4.78 is 22.4. The number of hydrogen-bond acceptors (Lipinski definition) is 4. The summed E-state index contributed by atoms with van der Waals surface area (Å²) in [6, 6.07) is 13.0. The van der Waals surface area contributed by atoms with Gasteiger partial charge in [0.1, 0.15) is 5.75 Å². The first-order chi connectivity index (χ1) is 9.88. The van der Waals surface area contributed by atoms with Crippen molar-refractivity contribution in [2.45, 2.75) is 17.9 Å². The molecular formula is C15H16N2O3S. The van der Waals surface area contributed by atoms with Crippen LogP contribution in [0, 0.1) is 0 Å². The quantitative estimate of drug-likeness (QED) is 0.848. The average Bonchev–Trinajstić information content (AvgIpc) is 2.45. The Bertz CT molecular complexity index is 753. The molecule has 0 aliphatic heterocycles. The zero-order valence-corrected chi connectivity index (χ0v) is 12.3. The van der Waals surface area contributed by atoms with Crippen LogP contribution in [0.1, 0.15) is 24.1 Å². The van der Waals surface area contributed by atoms with Crippen molar-refractivity contribution in [1.29, 1.82) is 0 Å². The van der Waals surface area contributed by atoms with Crippen molar-refractivity contribution in [3.8, 4) is 5.75 Å². The van der Waals surface area contributed by atoms with Crippen LogP contribution in [0.4, 0.5) is 0 Å². The third-order valence-corrected chi connectivity index (χ3v) is 3.99. The van der Waals surface area contributed by atoms with Crippen molar-refractivity contribution in [2.75, 3.05) is 0 Å². The van der Waals surface area contributed by atoms with E-state index >= 15 is 0 Å². The van der Waals surface area contributed by atoms with Crippen LogP contribution in [0.5, 0.6) is 5.75 Å². The van der Waals surface area contributed by atoms with Crippen LogP contribution < -0.4 is 5.14 Å². The molecule has 2 aromatic carbocycles. The standard InChI is InChI=1S/C15H16N2O3S/c1-11(17-10-13-4-2-3-5-15(13)18)12-6-8-14(9-7-12)21(16,19)20/h2-11,18H,1H3,(H2,16,19,20)/t11-/m0/s1. The number of para-hydroxylation sites is 1. The molecule has 0 bridgehead atoms. The Morgan fingerprint density at radius 2 is 1.76 bits per heavy atom. The van der Waals surface area contributed by atoms with Gasteiger partial charge in [0.05, 0.1) is 10.9 Å². The highest BCUT2D eigenvalue weighted by molar-refractivity contribution is 7.89. The van der Waals surface area contributed by atoms with Crippen molar-refractivity contribution >= 4 is 16.2 Å². The van der Waals surface area contributed by atoms with Crippen LogP contribution in [0.15, 0.2) is 58.4 Å². The van der Waals surface area contributed by atoms with Gasteiger partial charge < -0.3 is 5.11 Å². The van der Waals surface area contributed by atoms with E-state index in [-0.39, 0.29) is 16.7 Å². The summed E-state index contributed by atoms with van der Waals surface area (Å²) in [5.41, 5.74) is 1.49. The van der Waals surface area contributed by atoms with Crippen LogP contribution in [0.25, 0.3) is 0 Å². The molecule has 0 radical (unpaired) electrons. The largest absolute Gasteiger partial charge is 0.507 e. The molecule has 0 aliphatic carbocycles. The summed E-state index contributed by atoms with van der Waals surface area (Å²) in [5.74, 6) is 0.165.